The minimum absolute atomic E-state index is 0.0324. The van der Waals surface area contributed by atoms with Gasteiger partial charge in [-0.05, 0) is 58.0 Å². The first-order valence-electron chi connectivity index (χ1n) is 8.73. The molecule has 0 saturated carbocycles. The summed E-state index contributed by atoms with van der Waals surface area (Å²) >= 11 is 0. The Labute approximate surface area is 144 Å². The Morgan fingerprint density at radius 1 is 1.21 bits per heavy atom. The smallest absolute Gasteiger partial charge is 0.251 e. The van der Waals surface area contributed by atoms with E-state index >= 15 is 0 Å². The van der Waals surface area contributed by atoms with Gasteiger partial charge in [0.2, 0.25) is 5.91 Å². The molecule has 2 amide bonds. The Balaban J connectivity index is 1.98. The molecule has 1 aromatic carbocycles. The second kappa shape index (κ2) is 8.29. The van der Waals surface area contributed by atoms with Crippen molar-refractivity contribution in [2.75, 3.05) is 20.1 Å². The first kappa shape index (κ1) is 18.5. The van der Waals surface area contributed by atoms with E-state index in [0.717, 1.165) is 31.5 Å². The predicted octanol–water partition coefficient (Wildman–Crippen LogP) is 1.96. The molecule has 1 saturated heterocycles. The predicted molar refractivity (Wildman–Crippen MR) is 95.9 cm³/mol. The number of piperidine rings is 1. The zero-order valence-corrected chi connectivity index (χ0v) is 15.1. The summed E-state index contributed by atoms with van der Waals surface area (Å²) in [7, 11) is 2.09. The third-order valence-corrected chi connectivity index (χ3v) is 4.58. The van der Waals surface area contributed by atoms with E-state index in [9.17, 15) is 9.59 Å². The fraction of sp³-hybridized carbons (Fsp3) is 0.579. The summed E-state index contributed by atoms with van der Waals surface area (Å²) in [5.41, 5.74) is 1.62. The van der Waals surface area contributed by atoms with Crippen LogP contribution in [0.25, 0.3) is 0 Å². The van der Waals surface area contributed by atoms with Gasteiger partial charge in [0.05, 0.1) is 0 Å². The van der Waals surface area contributed by atoms with Crippen LogP contribution in [-0.2, 0) is 4.79 Å². The zero-order valence-electron chi connectivity index (χ0n) is 15.1. The van der Waals surface area contributed by atoms with Crippen LogP contribution in [0.1, 0.15) is 42.6 Å². The van der Waals surface area contributed by atoms with Crippen LogP contribution < -0.4 is 10.6 Å². The Morgan fingerprint density at radius 2 is 1.88 bits per heavy atom. The second-order valence-corrected chi connectivity index (χ2v) is 7.15. The number of nitrogens with zero attached hydrogens (tertiary/aromatic N) is 1. The van der Waals surface area contributed by atoms with Crippen molar-refractivity contribution >= 4 is 11.8 Å². The van der Waals surface area contributed by atoms with E-state index in [0.29, 0.717) is 5.56 Å². The van der Waals surface area contributed by atoms with E-state index in [1.54, 1.807) is 6.07 Å². The van der Waals surface area contributed by atoms with Crippen LogP contribution in [0, 0.1) is 12.8 Å². The van der Waals surface area contributed by atoms with E-state index in [1.165, 1.54) is 0 Å². The van der Waals surface area contributed by atoms with Crippen LogP contribution in [0.4, 0.5) is 0 Å². The van der Waals surface area contributed by atoms with Crippen molar-refractivity contribution in [3.63, 3.8) is 0 Å². The number of benzene rings is 1. The molecule has 1 aromatic rings. The van der Waals surface area contributed by atoms with Crippen LogP contribution in [0.2, 0.25) is 0 Å². The summed E-state index contributed by atoms with van der Waals surface area (Å²) in [6.07, 6.45) is 1.91. The first-order chi connectivity index (χ1) is 11.4. The summed E-state index contributed by atoms with van der Waals surface area (Å²) in [6.45, 7) is 7.84. The molecule has 5 nitrogen and oxygen atoms in total. The van der Waals surface area contributed by atoms with E-state index in [2.05, 4.69) is 22.6 Å². The van der Waals surface area contributed by atoms with Crippen molar-refractivity contribution in [2.24, 2.45) is 5.92 Å². The van der Waals surface area contributed by atoms with Crippen molar-refractivity contribution in [2.45, 2.75) is 45.7 Å². The lowest BCUT2D eigenvalue weighted by Crippen LogP contribution is -2.53. The molecule has 0 bridgehead atoms. The molecule has 0 aromatic heterocycles. The molecule has 1 heterocycles. The molecule has 1 aliphatic rings. The lowest BCUT2D eigenvalue weighted by Gasteiger charge is -2.31. The summed E-state index contributed by atoms with van der Waals surface area (Å²) in [5.74, 6) is -0.249. The largest absolute Gasteiger partial charge is 0.351 e. The average Bonchev–Trinajstić information content (AvgIpc) is 2.54. The lowest BCUT2D eigenvalue weighted by atomic mass is 10.00. The van der Waals surface area contributed by atoms with Gasteiger partial charge in [0.15, 0.2) is 0 Å². The third-order valence-electron chi connectivity index (χ3n) is 4.58. The molecule has 1 atom stereocenters. The number of hydrogen-bond donors (Lipinski definition) is 2. The highest BCUT2D eigenvalue weighted by atomic mass is 16.2. The van der Waals surface area contributed by atoms with Crippen molar-refractivity contribution in [1.82, 2.24) is 15.5 Å². The molecule has 0 radical (unpaired) electrons. The maximum absolute atomic E-state index is 12.6. The van der Waals surface area contributed by atoms with Crippen LogP contribution >= 0.6 is 0 Å². The van der Waals surface area contributed by atoms with Gasteiger partial charge in [-0.25, -0.2) is 0 Å². The minimum atomic E-state index is -0.516. The van der Waals surface area contributed by atoms with Gasteiger partial charge in [0, 0.05) is 11.6 Å². The molecule has 1 unspecified atom stereocenters. The van der Waals surface area contributed by atoms with E-state index in [-0.39, 0.29) is 23.8 Å². The molecule has 2 rings (SSSR count). The number of rotatable bonds is 5. The third kappa shape index (κ3) is 5.06. The molecule has 5 heteroatoms. The molecule has 1 fully saturated rings. The zero-order chi connectivity index (χ0) is 17.7. The summed E-state index contributed by atoms with van der Waals surface area (Å²) < 4.78 is 0. The standard InChI is InChI=1S/C19H29N3O2/c1-13(2)17(19(24)20-16-8-10-22(4)11-9-16)21-18(23)15-7-5-6-14(3)12-15/h5-7,12-13,16-17H,8-11H2,1-4H3,(H,20,24)(H,21,23). The lowest BCUT2D eigenvalue weighted by molar-refractivity contribution is -0.125. The molecule has 0 spiro atoms. The number of hydrogen-bond acceptors (Lipinski definition) is 3. The fourth-order valence-corrected chi connectivity index (χ4v) is 2.99. The van der Waals surface area contributed by atoms with Gasteiger partial charge in [-0.15, -0.1) is 0 Å². The number of likely N-dealkylation sites (tertiary alicyclic amines) is 1. The second-order valence-electron chi connectivity index (χ2n) is 7.15. The van der Waals surface area contributed by atoms with Crippen molar-refractivity contribution in [3.05, 3.63) is 35.4 Å². The Bertz CT molecular complexity index is 578. The quantitative estimate of drug-likeness (QED) is 0.867. The fourth-order valence-electron chi connectivity index (χ4n) is 2.99. The average molecular weight is 331 g/mol. The van der Waals surface area contributed by atoms with Gasteiger partial charge in [-0.1, -0.05) is 31.5 Å². The SMILES string of the molecule is Cc1cccc(C(=O)NC(C(=O)NC2CCN(C)CC2)C(C)C)c1. The van der Waals surface area contributed by atoms with Crippen LogP contribution in [0.3, 0.4) is 0 Å². The van der Waals surface area contributed by atoms with Gasteiger partial charge in [0.1, 0.15) is 6.04 Å². The minimum Gasteiger partial charge on any atom is -0.351 e. The molecular formula is C19H29N3O2. The van der Waals surface area contributed by atoms with E-state index in [1.807, 2.05) is 39.0 Å². The number of amides is 2. The summed E-state index contributed by atoms with van der Waals surface area (Å²) in [6, 6.07) is 7.09. The molecule has 24 heavy (non-hydrogen) atoms. The van der Waals surface area contributed by atoms with Gasteiger partial charge in [-0.3, -0.25) is 9.59 Å². The van der Waals surface area contributed by atoms with Crippen molar-refractivity contribution in [1.29, 1.82) is 0 Å². The van der Waals surface area contributed by atoms with Gasteiger partial charge >= 0.3 is 0 Å². The van der Waals surface area contributed by atoms with Crippen molar-refractivity contribution in [3.8, 4) is 0 Å². The van der Waals surface area contributed by atoms with Gasteiger partial charge in [0.25, 0.3) is 5.91 Å². The number of aryl methyl sites for hydroxylation is 1. The number of carbonyl (C=O) groups is 2. The number of carbonyl (C=O) groups excluding carboxylic acids is 2. The maximum Gasteiger partial charge on any atom is 0.251 e. The van der Waals surface area contributed by atoms with Gasteiger partial charge in [-0.2, -0.15) is 0 Å². The monoisotopic (exact) mass is 331 g/mol. The molecule has 2 N–H and O–H groups in total. The molecule has 0 aliphatic carbocycles. The highest BCUT2D eigenvalue weighted by Crippen LogP contribution is 2.11. The van der Waals surface area contributed by atoms with E-state index in [4.69, 9.17) is 0 Å². The van der Waals surface area contributed by atoms with Crippen molar-refractivity contribution < 1.29 is 9.59 Å². The summed E-state index contributed by atoms with van der Waals surface area (Å²) in [5, 5.41) is 6.01. The van der Waals surface area contributed by atoms with Crippen LogP contribution in [-0.4, -0.2) is 48.9 Å². The molecular weight excluding hydrogens is 302 g/mol. The Kier molecular flexibility index (Phi) is 6.37. The maximum atomic E-state index is 12.6. The molecule has 132 valence electrons. The Morgan fingerprint density at radius 3 is 2.46 bits per heavy atom. The van der Waals surface area contributed by atoms with Gasteiger partial charge < -0.3 is 15.5 Å². The number of nitrogens with one attached hydrogen (secondary N) is 2. The summed E-state index contributed by atoms with van der Waals surface area (Å²) in [4.78, 5) is 27.3. The highest BCUT2D eigenvalue weighted by molar-refractivity contribution is 5.97. The van der Waals surface area contributed by atoms with E-state index < -0.39 is 6.04 Å². The van der Waals surface area contributed by atoms with Crippen LogP contribution in [0.15, 0.2) is 24.3 Å². The highest BCUT2D eigenvalue weighted by Gasteiger charge is 2.27. The first-order valence-corrected chi connectivity index (χ1v) is 8.73. The van der Waals surface area contributed by atoms with Crippen LogP contribution in [0.5, 0.6) is 0 Å². The Hall–Kier alpha value is -1.88. The normalized spacial score (nSPS) is 17.5. The topological polar surface area (TPSA) is 61.4 Å². The molecule has 1 aliphatic heterocycles.